The number of nitrogens with zero attached hydrogens (tertiary/aromatic N) is 3. The summed E-state index contributed by atoms with van der Waals surface area (Å²) in [5, 5.41) is 1.08. The van der Waals surface area contributed by atoms with Crippen molar-refractivity contribution in [3.8, 4) is 0 Å². The lowest BCUT2D eigenvalue weighted by atomic mass is 10.1. The number of para-hydroxylation sites is 1. The van der Waals surface area contributed by atoms with E-state index in [1.54, 1.807) is 0 Å². The molecule has 0 spiro atoms. The van der Waals surface area contributed by atoms with E-state index in [9.17, 15) is 0 Å². The van der Waals surface area contributed by atoms with Gasteiger partial charge in [-0.05, 0) is 56.5 Å². The quantitative estimate of drug-likeness (QED) is 0.428. The van der Waals surface area contributed by atoms with Crippen LogP contribution >= 0.6 is 0 Å². The molecule has 0 N–H and O–H groups in total. The second kappa shape index (κ2) is 5.49. The number of rotatable bonds is 1. The zero-order valence-corrected chi connectivity index (χ0v) is 16.4. The molecule has 0 saturated heterocycles. The molecule has 4 aromatic rings. The topological polar surface area (TPSA) is 32.5 Å². The molecule has 27 heavy (non-hydrogen) atoms. The first-order valence-electron chi connectivity index (χ1n) is 9.38. The third kappa shape index (κ3) is 2.19. The molecule has 3 heterocycles. The second-order valence-corrected chi connectivity index (χ2v) is 7.63. The number of hydrogen-bond acceptors (Lipinski definition) is 4. The number of aryl methyl sites for hydroxylation is 3. The fraction of sp³-hybridized carbons (Fsp3) is 0.261. The van der Waals surface area contributed by atoms with Gasteiger partial charge in [-0.15, -0.1) is 0 Å². The first-order valence-corrected chi connectivity index (χ1v) is 9.38. The van der Waals surface area contributed by atoms with E-state index < -0.39 is 0 Å². The summed E-state index contributed by atoms with van der Waals surface area (Å²) in [5.74, 6) is 0.996. The lowest BCUT2D eigenvalue weighted by molar-refractivity contribution is 0.665. The molecule has 2 aromatic heterocycles. The fourth-order valence-corrected chi connectivity index (χ4v) is 4.11. The smallest absolute Gasteiger partial charge is 0.159 e. The minimum atomic E-state index is 0.188. The highest BCUT2D eigenvalue weighted by atomic mass is 16.3. The monoisotopic (exact) mass is 357 g/mol. The van der Waals surface area contributed by atoms with Gasteiger partial charge in [-0.25, -0.2) is 4.98 Å². The van der Waals surface area contributed by atoms with E-state index in [0.29, 0.717) is 0 Å². The van der Waals surface area contributed by atoms with Gasteiger partial charge in [-0.3, -0.25) is 0 Å². The van der Waals surface area contributed by atoms with Gasteiger partial charge in [0.15, 0.2) is 11.4 Å². The standard InChI is InChI=1S/C23H23N3O/c1-13-9-10-14(2)18(11-13)26-16(4)25(5)19-12-20-21(24-23(19)26)17-8-6-7-15(3)22(17)27-20/h6-12,16H,1-5H3/t16-/m0/s1. The molecule has 0 bridgehead atoms. The molecule has 0 fully saturated rings. The molecule has 0 unspecified atom stereocenters. The SMILES string of the molecule is Cc1ccc(C)c(N2c3nc4c(cc3N(C)[C@@H]2C)oc2c(C)cccc24)c1. The molecule has 0 aliphatic carbocycles. The molecule has 4 nitrogen and oxygen atoms in total. The van der Waals surface area contributed by atoms with Gasteiger partial charge in [-0.1, -0.05) is 24.3 Å². The summed E-state index contributed by atoms with van der Waals surface area (Å²) in [6, 6.07) is 15.0. The third-order valence-electron chi connectivity index (χ3n) is 5.79. The molecular formula is C23H23N3O. The summed E-state index contributed by atoms with van der Waals surface area (Å²) in [5.41, 5.74) is 8.67. The van der Waals surface area contributed by atoms with Gasteiger partial charge in [0.1, 0.15) is 17.3 Å². The Morgan fingerprint density at radius 1 is 0.963 bits per heavy atom. The summed E-state index contributed by atoms with van der Waals surface area (Å²) >= 11 is 0. The van der Waals surface area contributed by atoms with Crippen LogP contribution < -0.4 is 9.80 Å². The maximum absolute atomic E-state index is 6.17. The molecule has 136 valence electrons. The normalized spacial score (nSPS) is 16.6. The van der Waals surface area contributed by atoms with Crippen molar-refractivity contribution in [2.75, 3.05) is 16.8 Å². The molecule has 0 radical (unpaired) electrons. The summed E-state index contributed by atoms with van der Waals surface area (Å²) < 4.78 is 6.17. The minimum absolute atomic E-state index is 0.188. The van der Waals surface area contributed by atoms with Crippen LogP contribution in [0.2, 0.25) is 0 Å². The largest absolute Gasteiger partial charge is 0.454 e. The Labute approximate surface area is 159 Å². The maximum Gasteiger partial charge on any atom is 0.159 e. The predicted octanol–water partition coefficient (Wildman–Crippen LogP) is 5.84. The number of fused-ring (bicyclic) bond motifs is 4. The first kappa shape index (κ1) is 16.2. The van der Waals surface area contributed by atoms with Crippen LogP contribution in [0.15, 0.2) is 46.9 Å². The van der Waals surface area contributed by atoms with E-state index in [0.717, 1.165) is 39.1 Å². The molecule has 5 rings (SSSR count). The number of aromatic nitrogens is 1. The highest BCUT2D eigenvalue weighted by Crippen LogP contribution is 2.45. The highest BCUT2D eigenvalue weighted by molar-refractivity contribution is 6.06. The van der Waals surface area contributed by atoms with Gasteiger partial charge < -0.3 is 14.2 Å². The summed E-state index contributed by atoms with van der Waals surface area (Å²) in [7, 11) is 2.12. The molecule has 4 heteroatoms. The Morgan fingerprint density at radius 2 is 1.78 bits per heavy atom. The molecular weight excluding hydrogens is 334 g/mol. The Balaban J connectivity index is 1.81. The van der Waals surface area contributed by atoms with Crippen LogP contribution in [0.5, 0.6) is 0 Å². The lowest BCUT2D eigenvalue weighted by Crippen LogP contribution is -2.36. The van der Waals surface area contributed by atoms with Crippen molar-refractivity contribution < 1.29 is 4.42 Å². The number of anilines is 3. The predicted molar refractivity (Wildman–Crippen MR) is 112 cm³/mol. The van der Waals surface area contributed by atoms with E-state index in [1.807, 2.05) is 0 Å². The fourth-order valence-electron chi connectivity index (χ4n) is 4.11. The Bertz CT molecular complexity index is 1210. The molecule has 0 saturated carbocycles. The van der Waals surface area contributed by atoms with Crippen LogP contribution in [0, 0.1) is 20.8 Å². The van der Waals surface area contributed by atoms with Gasteiger partial charge in [0.05, 0.1) is 5.69 Å². The van der Waals surface area contributed by atoms with Crippen LogP contribution in [0.3, 0.4) is 0 Å². The van der Waals surface area contributed by atoms with Gasteiger partial charge in [-0.2, -0.15) is 0 Å². The second-order valence-electron chi connectivity index (χ2n) is 7.63. The number of hydrogen-bond donors (Lipinski definition) is 0. The Hall–Kier alpha value is -3.01. The van der Waals surface area contributed by atoms with Crippen LogP contribution in [0.4, 0.5) is 17.2 Å². The summed E-state index contributed by atoms with van der Waals surface area (Å²) in [6.07, 6.45) is 0.188. The van der Waals surface area contributed by atoms with Crippen LogP contribution in [0.1, 0.15) is 23.6 Å². The van der Waals surface area contributed by atoms with Crippen molar-refractivity contribution >= 4 is 39.3 Å². The molecule has 1 aliphatic heterocycles. The van der Waals surface area contributed by atoms with Gasteiger partial charge in [0.2, 0.25) is 0 Å². The van der Waals surface area contributed by atoms with Gasteiger partial charge in [0, 0.05) is 24.2 Å². The Morgan fingerprint density at radius 3 is 2.59 bits per heavy atom. The highest BCUT2D eigenvalue weighted by Gasteiger charge is 2.35. The molecule has 0 amide bonds. The van der Waals surface area contributed by atoms with Crippen molar-refractivity contribution in [1.82, 2.24) is 4.98 Å². The molecule has 1 aliphatic rings. The van der Waals surface area contributed by atoms with E-state index in [1.165, 1.54) is 16.8 Å². The van der Waals surface area contributed by atoms with E-state index in [-0.39, 0.29) is 6.17 Å². The number of furan rings is 1. The summed E-state index contributed by atoms with van der Waals surface area (Å²) in [6.45, 7) is 8.59. The lowest BCUT2D eigenvalue weighted by Gasteiger charge is -2.28. The average molecular weight is 357 g/mol. The van der Waals surface area contributed by atoms with E-state index in [4.69, 9.17) is 9.40 Å². The van der Waals surface area contributed by atoms with Crippen molar-refractivity contribution in [3.05, 3.63) is 59.2 Å². The number of pyridine rings is 1. The molecule has 2 aromatic carbocycles. The number of benzene rings is 2. The Kier molecular flexibility index (Phi) is 3.29. The van der Waals surface area contributed by atoms with Crippen molar-refractivity contribution in [1.29, 1.82) is 0 Å². The van der Waals surface area contributed by atoms with Gasteiger partial charge in [0.25, 0.3) is 0 Å². The van der Waals surface area contributed by atoms with Crippen molar-refractivity contribution in [2.24, 2.45) is 0 Å². The summed E-state index contributed by atoms with van der Waals surface area (Å²) in [4.78, 5) is 9.71. The van der Waals surface area contributed by atoms with E-state index >= 15 is 0 Å². The zero-order valence-electron chi connectivity index (χ0n) is 16.4. The minimum Gasteiger partial charge on any atom is -0.454 e. The first-order chi connectivity index (χ1) is 13.0. The van der Waals surface area contributed by atoms with Crippen molar-refractivity contribution in [3.63, 3.8) is 0 Å². The maximum atomic E-state index is 6.17. The van der Waals surface area contributed by atoms with Crippen molar-refractivity contribution in [2.45, 2.75) is 33.9 Å². The third-order valence-corrected chi connectivity index (χ3v) is 5.79. The van der Waals surface area contributed by atoms with Crippen LogP contribution in [-0.2, 0) is 0 Å². The van der Waals surface area contributed by atoms with Crippen LogP contribution in [-0.4, -0.2) is 18.2 Å². The van der Waals surface area contributed by atoms with Gasteiger partial charge >= 0.3 is 0 Å². The average Bonchev–Trinajstić information content (AvgIpc) is 3.13. The molecule has 1 atom stereocenters. The van der Waals surface area contributed by atoms with E-state index in [2.05, 4.69) is 87.0 Å². The zero-order chi connectivity index (χ0) is 18.9. The van der Waals surface area contributed by atoms with Crippen LogP contribution in [0.25, 0.3) is 22.1 Å².